The Morgan fingerprint density at radius 3 is 1.16 bits per heavy atom. The summed E-state index contributed by atoms with van der Waals surface area (Å²) in [5, 5.41) is -0.442. The number of halogens is 3. The third-order valence-corrected chi connectivity index (χ3v) is 1.98. The van der Waals surface area contributed by atoms with Gasteiger partial charge in [-0.25, -0.2) is 24.5 Å². The standard InChI is InChI=1S/C5H4F3Si.3C2H6N.Hf/c6-9(7,8)5-3-1-2-4-5;3*1-2-3;/h1-4H;3*3H,2H2,1H3;/q4*-1;+4. The van der Waals surface area contributed by atoms with E-state index >= 15 is 0 Å². The van der Waals surface area contributed by atoms with Crippen LogP contribution in [-0.2, 0) is 25.8 Å². The van der Waals surface area contributed by atoms with Gasteiger partial charge in [-0.2, -0.15) is 31.8 Å². The fourth-order valence-corrected chi connectivity index (χ4v) is 1.13. The molecular weight excluding hydrogens is 438 g/mol. The van der Waals surface area contributed by atoms with Crippen LogP contribution < -0.4 is 5.19 Å². The fraction of sp³-hybridized carbons (Fsp3) is 0.545. The van der Waals surface area contributed by atoms with E-state index in [-0.39, 0.29) is 25.8 Å². The van der Waals surface area contributed by atoms with Crippen molar-refractivity contribution >= 4 is 14.3 Å². The van der Waals surface area contributed by atoms with Crippen LogP contribution in [0.3, 0.4) is 0 Å². The van der Waals surface area contributed by atoms with E-state index in [1.54, 1.807) is 20.8 Å². The molecule has 0 atom stereocenters. The second kappa shape index (κ2) is 20.4. The van der Waals surface area contributed by atoms with Crippen LogP contribution in [0.25, 0.3) is 17.2 Å². The average molecular weight is 460 g/mol. The molecule has 1 rings (SSSR count). The molecule has 0 aliphatic rings. The van der Waals surface area contributed by atoms with E-state index < -0.39 is 14.3 Å². The SMILES string of the molecule is CC[NH-].CC[NH-].CC[NH-].F[Si](F)(F)[c-]1cccc1.[Hf+4]. The number of nitrogens with one attached hydrogen (secondary N) is 3. The summed E-state index contributed by atoms with van der Waals surface area (Å²) in [6, 6.07) is 5.00. The van der Waals surface area contributed by atoms with Gasteiger partial charge in [0.15, 0.2) is 0 Å². The Balaban J connectivity index is -0.0000000956. The van der Waals surface area contributed by atoms with Crippen molar-refractivity contribution in [3.8, 4) is 0 Å². The second-order valence-corrected chi connectivity index (χ2v) is 4.30. The first kappa shape index (κ1) is 27.4. The van der Waals surface area contributed by atoms with Crippen LogP contribution >= 0.6 is 0 Å². The molecule has 19 heavy (non-hydrogen) atoms. The minimum Gasteiger partial charge on any atom is -0.678 e. The van der Waals surface area contributed by atoms with Gasteiger partial charge in [-0.15, -0.1) is 0 Å². The summed E-state index contributed by atoms with van der Waals surface area (Å²) in [4.78, 5) is 0. The Morgan fingerprint density at radius 1 is 0.842 bits per heavy atom. The summed E-state index contributed by atoms with van der Waals surface area (Å²) in [7, 11) is -5.48. The Kier molecular flexibility index (Phi) is 29.5. The largest absolute Gasteiger partial charge is 4.00 e. The molecule has 0 fully saturated rings. The van der Waals surface area contributed by atoms with Crippen molar-refractivity contribution in [1.29, 1.82) is 0 Å². The zero-order valence-electron chi connectivity index (χ0n) is 11.6. The molecule has 3 nitrogen and oxygen atoms in total. The van der Waals surface area contributed by atoms with E-state index in [0.717, 1.165) is 12.1 Å². The third-order valence-electron chi connectivity index (χ3n) is 0.990. The molecule has 0 heterocycles. The van der Waals surface area contributed by atoms with Gasteiger partial charge in [-0.3, -0.25) is 0 Å². The van der Waals surface area contributed by atoms with Gasteiger partial charge in [0, 0.05) is 0 Å². The second-order valence-electron chi connectivity index (χ2n) is 2.73. The minimum absolute atomic E-state index is 0. The zero-order valence-corrected chi connectivity index (χ0v) is 16.2. The number of hydrogen-bond acceptors (Lipinski definition) is 0. The van der Waals surface area contributed by atoms with Crippen molar-refractivity contribution in [2.24, 2.45) is 0 Å². The van der Waals surface area contributed by atoms with E-state index in [2.05, 4.69) is 0 Å². The molecule has 1 aromatic carbocycles. The molecule has 0 aliphatic carbocycles. The maximum atomic E-state index is 11.8. The van der Waals surface area contributed by atoms with Crippen molar-refractivity contribution in [1.82, 2.24) is 0 Å². The summed E-state index contributed by atoms with van der Waals surface area (Å²) >= 11 is 0. The molecule has 0 saturated carbocycles. The Bertz CT molecular complexity index is 227. The molecule has 1 aromatic rings. The van der Waals surface area contributed by atoms with Crippen LogP contribution in [0.5, 0.6) is 0 Å². The monoisotopic (exact) mass is 461 g/mol. The number of hydrogen-bond donors (Lipinski definition) is 0. The Morgan fingerprint density at radius 2 is 1.05 bits per heavy atom. The molecule has 3 N–H and O–H groups in total. The summed E-state index contributed by atoms with van der Waals surface area (Å²) < 4.78 is 35.3. The first-order valence-electron chi connectivity index (χ1n) is 5.58. The van der Waals surface area contributed by atoms with Crippen molar-refractivity contribution in [3.05, 3.63) is 41.5 Å². The molecule has 0 aliphatic heterocycles. The van der Waals surface area contributed by atoms with E-state index in [9.17, 15) is 12.3 Å². The molecule has 110 valence electrons. The van der Waals surface area contributed by atoms with E-state index in [1.807, 2.05) is 0 Å². The van der Waals surface area contributed by atoms with Crippen molar-refractivity contribution in [3.63, 3.8) is 0 Å². The molecule has 0 spiro atoms. The first-order valence-corrected chi connectivity index (χ1v) is 7.21. The van der Waals surface area contributed by atoms with Crippen LogP contribution in [0, 0.1) is 0 Å². The fourth-order valence-electron chi connectivity index (χ4n) is 0.563. The molecule has 0 amide bonds. The first-order chi connectivity index (χ1) is 8.35. The molecule has 0 saturated heterocycles. The molecule has 8 heteroatoms. The van der Waals surface area contributed by atoms with Crippen LogP contribution in [0.4, 0.5) is 12.3 Å². The minimum atomic E-state index is -5.48. The van der Waals surface area contributed by atoms with Gasteiger partial charge in [0.1, 0.15) is 0 Å². The average Bonchev–Trinajstić information content (AvgIpc) is 2.72. The van der Waals surface area contributed by atoms with Gasteiger partial charge in [0.25, 0.3) is 0 Å². The van der Waals surface area contributed by atoms with Gasteiger partial charge in [-0.05, 0) is 0 Å². The topological polar surface area (TPSA) is 71.4 Å². The predicted molar refractivity (Wildman–Crippen MR) is 75.3 cm³/mol. The molecule has 0 aromatic heterocycles. The van der Waals surface area contributed by atoms with E-state index in [1.165, 1.54) is 12.1 Å². The smallest absolute Gasteiger partial charge is 0.678 e. The van der Waals surface area contributed by atoms with Gasteiger partial charge in [-0.1, -0.05) is 26.0 Å². The van der Waals surface area contributed by atoms with Crippen molar-refractivity contribution in [2.45, 2.75) is 20.8 Å². The normalized spacial score (nSPS) is 8.47. The Hall–Kier alpha value is 0.107. The maximum absolute atomic E-state index is 11.8. The molecule has 0 unspecified atom stereocenters. The molecule has 0 radical (unpaired) electrons. The van der Waals surface area contributed by atoms with Crippen LogP contribution in [0.2, 0.25) is 0 Å². The number of rotatable bonds is 1. The molecule has 0 bridgehead atoms. The van der Waals surface area contributed by atoms with Crippen LogP contribution in [-0.4, -0.2) is 28.7 Å². The Labute approximate surface area is 134 Å². The third kappa shape index (κ3) is 27.3. The summed E-state index contributed by atoms with van der Waals surface area (Å²) in [6.45, 7) is 6.88. The van der Waals surface area contributed by atoms with E-state index in [4.69, 9.17) is 17.2 Å². The quantitative estimate of drug-likeness (QED) is 0.333. The van der Waals surface area contributed by atoms with Crippen molar-refractivity contribution in [2.75, 3.05) is 19.6 Å². The van der Waals surface area contributed by atoms with Gasteiger partial charge < -0.3 is 17.2 Å². The van der Waals surface area contributed by atoms with Crippen LogP contribution in [0.15, 0.2) is 24.3 Å². The molecular formula is C11H22F3HfN3Si. The van der Waals surface area contributed by atoms with Crippen molar-refractivity contribution < 1.29 is 38.2 Å². The predicted octanol–water partition coefficient (Wildman–Crippen LogP) is 4.63. The summed E-state index contributed by atoms with van der Waals surface area (Å²) in [5.74, 6) is 0. The summed E-state index contributed by atoms with van der Waals surface area (Å²) in [5.41, 5.74) is 18.6. The summed E-state index contributed by atoms with van der Waals surface area (Å²) in [6.07, 6.45) is 0. The zero-order chi connectivity index (χ0) is 15.0. The van der Waals surface area contributed by atoms with Gasteiger partial charge in [0.05, 0.1) is 0 Å². The van der Waals surface area contributed by atoms with Crippen LogP contribution in [0.1, 0.15) is 20.8 Å². The maximum Gasteiger partial charge on any atom is 4.00 e. The van der Waals surface area contributed by atoms with E-state index in [0.29, 0.717) is 19.6 Å². The van der Waals surface area contributed by atoms with Gasteiger partial charge >= 0.3 is 34.9 Å². The van der Waals surface area contributed by atoms with Gasteiger partial charge in [0.2, 0.25) is 0 Å².